The third-order valence-corrected chi connectivity index (χ3v) is 10.5. The fourth-order valence-corrected chi connectivity index (χ4v) is 8.34. The minimum absolute atomic E-state index is 0.319. The molecule has 1 aliphatic heterocycles. The van der Waals surface area contributed by atoms with Crippen LogP contribution in [0.4, 0.5) is 0 Å². The number of dihydropyridines is 1. The largest absolute Gasteiger partial charge is 0.373 e. The molecule has 0 fully saturated rings. The van der Waals surface area contributed by atoms with E-state index in [0.29, 0.717) is 5.69 Å². The normalized spacial score (nSPS) is 14.1. The minimum atomic E-state index is -0.319. The number of hydrogen-bond acceptors (Lipinski definition) is 5. The first-order valence-electron chi connectivity index (χ1n) is 16.1. The first kappa shape index (κ1) is 28.7. The van der Waals surface area contributed by atoms with Crippen LogP contribution in [0.2, 0.25) is 0 Å². The van der Waals surface area contributed by atoms with Gasteiger partial charge in [-0.3, -0.25) is 0 Å². The molecule has 0 radical (unpaired) electrons. The number of aromatic nitrogens is 1. The topological polar surface area (TPSA) is 72.5 Å². The summed E-state index contributed by atoms with van der Waals surface area (Å²) in [6.45, 7) is 0. The molecular weight excluding hydrogens is 617 g/mol. The second-order valence-corrected chi connectivity index (χ2v) is 13.3. The Morgan fingerprint density at radius 1 is 0.592 bits per heavy atom. The van der Waals surface area contributed by atoms with E-state index in [4.69, 9.17) is 0 Å². The van der Waals surface area contributed by atoms with Gasteiger partial charge in [-0.1, -0.05) is 97.1 Å². The molecule has 228 valence electrons. The predicted octanol–water partition coefficient (Wildman–Crippen LogP) is 11.0. The van der Waals surface area contributed by atoms with Gasteiger partial charge in [0.05, 0.1) is 6.07 Å². The summed E-state index contributed by atoms with van der Waals surface area (Å²) in [5.41, 5.74) is 9.31. The number of allylic oxidation sites excluding steroid dienone is 2. The molecule has 1 unspecified atom stereocenters. The van der Waals surface area contributed by atoms with Crippen LogP contribution < -0.4 is 5.32 Å². The van der Waals surface area contributed by atoms with Crippen molar-refractivity contribution in [3.63, 3.8) is 0 Å². The Kier molecular flexibility index (Phi) is 6.80. The van der Waals surface area contributed by atoms with Gasteiger partial charge in [-0.2, -0.15) is 10.5 Å². The highest BCUT2D eigenvalue weighted by molar-refractivity contribution is 7.26. The molecule has 0 saturated heterocycles. The van der Waals surface area contributed by atoms with Gasteiger partial charge in [-0.25, -0.2) is 4.98 Å². The Balaban J connectivity index is 1.20. The van der Waals surface area contributed by atoms with E-state index < -0.39 is 0 Å². The number of pyridine rings is 1. The fourth-order valence-electron chi connectivity index (χ4n) is 7.12. The van der Waals surface area contributed by atoms with E-state index in [0.717, 1.165) is 33.4 Å². The summed E-state index contributed by atoms with van der Waals surface area (Å²) in [6.07, 6.45) is 7.51. The number of nitrogens with one attached hydrogen (secondary N) is 1. The molecule has 1 atom stereocenters. The monoisotopic (exact) mass is 642 g/mol. The number of nitrogens with zero attached hydrogens (tertiary/aromatic N) is 3. The lowest BCUT2D eigenvalue weighted by atomic mass is 9.91. The Labute approximate surface area is 287 Å². The summed E-state index contributed by atoms with van der Waals surface area (Å²) >= 11 is 1.85. The van der Waals surface area contributed by atoms with E-state index in [2.05, 4.69) is 132 Å². The van der Waals surface area contributed by atoms with Gasteiger partial charge in [0.1, 0.15) is 17.8 Å². The molecule has 0 saturated carbocycles. The molecule has 0 aliphatic carbocycles. The quantitative estimate of drug-likeness (QED) is 0.207. The lowest BCUT2D eigenvalue weighted by Crippen LogP contribution is -2.22. The van der Waals surface area contributed by atoms with Gasteiger partial charge in [0.25, 0.3) is 0 Å². The number of thiophene rings is 1. The van der Waals surface area contributed by atoms with Crippen molar-refractivity contribution in [2.75, 3.05) is 0 Å². The van der Waals surface area contributed by atoms with Gasteiger partial charge in [0.15, 0.2) is 0 Å². The maximum Gasteiger partial charge on any atom is 0.141 e. The highest BCUT2D eigenvalue weighted by atomic mass is 32.1. The van der Waals surface area contributed by atoms with Crippen LogP contribution in [-0.4, -0.2) is 11.0 Å². The molecule has 0 amide bonds. The van der Waals surface area contributed by atoms with Gasteiger partial charge >= 0.3 is 0 Å². The number of fused-ring (bicyclic) bond motifs is 7. The maximum absolute atomic E-state index is 9.38. The van der Waals surface area contributed by atoms with E-state index in [1.165, 1.54) is 52.8 Å². The molecule has 5 heteroatoms. The molecular formula is C44H26N4S. The zero-order valence-corrected chi connectivity index (χ0v) is 27.0. The average Bonchev–Trinajstić information content (AvgIpc) is 3.56. The second kappa shape index (κ2) is 11.6. The van der Waals surface area contributed by atoms with Crippen LogP contribution in [0.1, 0.15) is 11.3 Å². The van der Waals surface area contributed by atoms with Crippen molar-refractivity contribution in [2.45, 2.75) is 6.04 Å². The van der Waals surface area contributed by atoms with E-state index in [9.17, 15) is 10.5 Å². The highest BCUT2D eigenvalue weighted by Gasteiger charge is 2.18. The summed E-state index contributed by atoms with van der Waals surface area (Å²) in [7, 11) is 0. The molecule has 6 aromatic carbocycles. The van der Waals surface area contributed by atoms with Crippen LogP contribution in [0.3, 0.4) is 0 Å². The summed E-state index contributed by atoms with van der Waals surface area (Å²) in [5, 5.41) is 29.3. The molecule has 0 bridgehead atoms. The zero-order chi connectivity index (χ0) is 32.9. The van der Waals surface area contributed by atoms with Gasteiger partial charge < -0.3 is 5.32 Å². The van der Waals surface area contributed by atoms with Crippen LogP contribution in [0, 0.1) is 22.7 Å². The Morgan fingerprint density at radius 2 is 1.14 bits per heavy atom. The summed E-state index contributed by atoms with van der Waals surface area (Å²) in [5.74, 6) is 0. The standard InChI is InChI=1S/C44H26N4S/c45-25-33-21-31(17-19-47-33)27-9-13-29(14-10-27)39-23-41-43(37-7-3-1-5-35(37)39)44-38-8-4-2-6-36(38)40(24-42(44)49-41)30-15-11-28(12-16-30)32-18-20-48-34(22-32)26-46/h1-24,33,47H. The number of nitriles is 2. The van der Waals surface area contributed by atoms with E-state index in [1.54, 1.807) is 6.20 Å². The van der Waals surface area contributed by atoms with E-state index >= 15 is 0 Å². The van der Waals surface area contributed by atoms with Crippen molar-refractivity contribution in [1.29, 1.82) is 10.5 Å². The van der Waals surface area contributed by atoms with Gasteiger partial charge in [0.2, 0.25) is 0 Å². The first-order chi connectivity index (χ1) is 24.2. The number of rotatable bonds is 4. The van der Waals surface area contributed by atoms with Crippen molar-refractivity contribution in [1.82, 2.24) is 10.3 Å². The summed E-state index contributed by atoms with van der Waals surface area (Å²) < 4.78 is 2.52. The fraction of sp³-hybridized carbons (Fsp3) is 0.0227. The Hall–Kier alpha value is -6.53. The van der Waals surface area contributed by atoms with Crippen molar-refractivity contribution >= 4 is 58.6 Å². The summed E-state index contributed by atoms with van der Waals surface area (Å²) in [4.78, 5) is 4.12. The molecule has 0 spiro atoms. The molecule has 1 aliphatic rings. The van der Waals surface area contributed by atoms with Crippen molar-refractivity contribution in [2.24, 2.45) is 0 Å². The molecule has 4 nitrogen and oxygen atoms in total. The lowest BCUT2D eigenvalue weighted by Gasteiger charge is -2.14. The maximum atomic E-state index is 9.38. The first-order valence-corrected chi connectivity index (χ1v) is 16.9. The van der Waals surface area contributed by atoms with Gasteiger partial charge in [-0.15, -0.1) is 11.3 Å². The second-order valence-electron chi connectivity index (χ2n) is 12.2. The zero-order valence-electron chi connectivity index (χ0n) is 26.2. The molecule has 3 heterocycles. The van der Waals surface area contributed by atoms with Crippen LogP contribution >= 0.6 is 11.3 Å². The van der Waals surface area contributed by atoms with Gasteiger partial charge in [0, 0.05) is 26.4 Å². The number of benzene rings is 6. The molecule has 2 aromatic heterocycles. The van der Waals surface area contributed by atoms with Crippen LogP contribution in [-0.2, 0) is 0 Å². The average molecular weight is 643 g/mol. The predicted molar refractivity (Wildman–Crippen MR) is 203 cm³/mol. The van der Waals surface area contributed by atoms with E-state index in [1.807, 2.05) is 41.8 Å². The minimum Gasteiger partial charge on any atom is -0.373 e. The van der Waals surface area contributed by atoms with Crippen molar-refractivity contribution < 1.29 is 0 Å². The number of hydrogen-bond donors (Lipinski definition) is 1. The lowest BCUT2D eigenvalue weighted by molar-refractivity contribution is 0.844. The third kappa shape index (κ3) is 4.85. The van der Waals surface area contributed by atoms with Crippen molar-refractivity contribution in [3.8, 4) is 45.5 Å². The molecule has 1 N–H and O–H groups in total. The van der Waals surface area contributed by atoms with Crippen LogP contribution in [0.25, 0.3) is 80.7 Å². The molecule has 49 heavy (non-hydrogen) atoms. The molecule has 8 aromatic rings. The Bertz CT molecular complexity index is 2760. The van der Waals surface area contributed by atoms with E-state index in [-0.39, 0.29) is 6.04 Å². The van der Waals surface area contributed by atoms with Crippen molar-refractivity contribution in [3.05, 3.63) is 157 Å². The SMILES string of the molecule is N#Cc1cc(-c2ccc(-c3cc4sc5cc(-c6ccc(C7=CC(C#N)NC=C7)cc6)c6ccccc6c5c4c4ccccc34)cc2)ccn1. The van der Waals surface area contributed by atoms with Crippen LogP contribution in [0.5, 0.6) is 0 Å². The Morgan fingerprint density at radius 3 is 1.71 bits per heavy atom. The third-order valence-electron chi connectivity index (χ3n) is 9.44. The molecule has 9 rings (SSSR count). The van der Waals surface area contributed by atoms with Gasteiger partial charge in [-0.05, 0) is 109 Å². The highest BCUT2D eigenvalue weighted by Crippen LogP contribution is 2.47. The summed E-state index contributed by atoms with van der Waals surface area (Å²) in [6, 6.07) is 47.4. The van der Waals surface area contributed by atoms with Crippen LogP contribution in [0.15, 0.2) is 146 Å². The smallest absolute Gasteiger partial charge is 0.141 e.